The molecular formula is F6Tb. The molecule has 0 amide bonds. The number of halogens is 6. The van der Waals surface area contributed by atoms with Crippen molar-refractivity contribution in [3.8, 4) is 0 Å². The molecule has 0 bridgehead atoms. The molecule has 7 heteroatoms. The Morgan fingerprint density at radius 2 is 0.571 bits per heavy atom. The van der Waals surface area contributed by atoms with Gasteiger partial charge in [0.05, 0.1) is 0 Å². The van der Waals surface area contributed by atoms with Crippen LogP contribution in [0.4, 0.5) is 7.60 Å². The Labute approximate surface area is 38.9 Å². The average molecular weight is 273 g/mol. The predicted molar refractivity (Wildman–Crippen MR) is 6.65 cm³/mol. The molecule has 0 aromatic heterocycles. The zero-order valence-electron chi connectivity index (χ0n) is 2.60. The van der Waals surface area contributed by atoms with E-state index < -0.39 is 31.5 Å². The van der Waals surface area contributed by atoms with Crippen molar-refractivity contribution < 1.29 is 39.0 Å². The van der Waals surface area contributed by atoms with Gasteiger partial charge in [-0.2, -0.15) is 0 Å². The second kappa shape index (κ2) is 0.938. The quantitative estimate of drug-likeness (QED) is 0.595. The third-order valence-corrected chi connectivity index (χ3v) is 0. The van der Waals surface area contributed by atoms with E-state index in [0.717, 1.165) is 0 Å². The molecule has 51 valence electrons. The van der Waals surface area contributed by atoms with Crippen molar-refractivity contribution in [3.05, 3.63) is 0 Å². The van der Waals surface area contributed by atoms with Crippen LogP contribution in [0.1, 0.15) is 0 Å². The molecule has 0 aromatic rings. The first kappa shape index (κ1) is 7.87. The Bertz CT molecular complexity index is 62.7. The molecule has 0 aliphatic rings. The molecule has 0 atom stereocenters. The fourth-order valence-electron chi connectivity index (χ4n) is 0. The van der Waals surface area contributed by atoms with Gasteiger partial charge in [0, 0.05) is 0 Å². The molecule has 0 nitrogen and oxygen atoms in total. The van der Waals surface area contributed by atoms with Gasteiger partial charge in [-0.1, -0.05) is 0 Å². The molecule has 0 saturated heterocycles. The predicted octanol–water partition coefficient (Wildman–Crippen LogP) is 2.52. The van der Waals surface area contributed by atoms with Gasteiger partial charge >= 0.3 is 39.0 Å². The first-order chi connectivity index (χ1) is 2.45. The molecular weight excluding hydrogens is 273 g/mol. The molecule has 0 heterocycles. The molecule has 7 heavy (non-hydrogen) atoms. The SMILES string of the molecule is [F][Tb]([F])([F])([F])([F])[F]. The van der Waals surface area contributed by atoms with E-state index in [1.165, 1.54) is 0 Å². The first-order valence-corrected chi connectivity index (χ1v) is 5.61. The summed E-state index contributed by atoms with van der Waals surface area (Å²) in [6, 6.07) is 0. The standard InChI is InChI=1S/6FH.Tb/h6*1H;/q;;;;;;+6/p-6. The minimum absolute atomic E-state index is 9.92. The third kappa shape index (κ3) is 217. The van der Waals surface area contributed by atoms with Crippen molar-refractivity contribution in [2.24, 2.45) is 0 Å². The van der Waals surface area contributed by atoms with Gasteiger partial charge in [-0.15, -0.1) is 0 Å². The van der Waals surface area contributed by atoms with E-state index in [1.807, 2.05) is 0 Å². The monoisotopic (exact) mass is 273 g/mol. The Morgan fingerprint density at radius 3 is 0.571 bits per heavy atom. The average Bonchev–Trinajstić information content (AvgIpc) is 0.592. The second-order valence-corrected chi connectivity index (χ2v) is 5.30. The van der Waals surface area contributed by atoms with Crippen molar-refractivity contribution in [3.63, 3.8) is 0 Å². The maximum atomic E-state index is 9.92. The van der Waals surface area contributed by atoms with E-state index >= 15 is 0 Å². The van der Waals surface area contributed by atoms with E-state index in [4.69, 9.17) is 0 Å². The number of hydrogen-bond donors (Lipinski definition) is 0. The Kier molecular flexibility index (Phi) is 1.05. The van der Waals surface area contributed by atoms with Gasteiger partial charge in [-0.25, -0.2) is 0 Å². The summed E-state index contributed by atoms with van der Waals surface area (Å²) in [5.74, 6) is 0. The second-order valence-electron chi connectivity index (χ2n) is 0.714. The van der Waals surface area contributed by atoms with E-state index in [2.05, 4.69) is 0 Å². The van der Waals surface area contributed by atoms with Crippen LogP contribution in [-0.2, 0) is 0 Å². The number of hydrogen-bond acceptors (Lipinski definition) is 0. The summed E-state index contributed by atoms with van der Waals surface area (Å²) < 4.78 is 59.5. The fourth-order valence-corrected chi connectivity index (χ4v) is 0. The van der Waals surface area contributed by atoms with E-state index in [1.54, 1.807) is 0 Å². The fraction of sp³-hybridized carbons (Fsp3) is 0. The van der Waals surface area contributed by atoms with Crippen LogP contribution in [0.5, 0.6) is 0 Å². The van der Waals surface area contributed by atoms with Crippen molar-refractivity contribution in [2.45, 2.75) is 0 Å². The molecule has 0 spiro atoms. The molecule has 0 aliphatic carbocycles. The van der Waals surface area contributed by atoms with Crippen molar-refractivity contribution in [1.82, 2.24) is 0 Å². The summed E-state index contributed by atoms with van der Waals surface area (Å²) in [5, 5.41) is 0. The molecule has 0 aromatic carbocycles. The molecule has 0 unspecified atom stereocenters. The topological polar surface area (TPSA) is 0 Å². The zero-order chi connectivity index (χ0) is 6.41. The molecule has 0 radical (unpaired) electrons. The van der Waals surface area contributed by atoms with Gasteiger partial charge in [0.2, 0.25) is 0 Å². The number of rotatable bonds is 0. The van der Waals surface area contributed by atoms with Crippen molar-refractivity contribution in [2.75, 3.05) is 0 Å². The summed E-state index contributed by atoms with van der Waals surface area (Å²) in [6.45, 7) is 0. The summed E-state index contributed by atoms with van der Waals surface area (Å²) in [4.78, 5) is 0. The summed E-state index contributed by atoms with van der Waals surface area (Å²) in [7, 11) is 0. The van der Waals surface area contributed by atoms with Crippen LogP contribution in [0.3, 0.4) is 0 Å². The van der Waals surface area contributed by atoms with Crippen LogP contribution in [0.25, 0.3) is 0 Å². The Hall–Kier alpha value is 0.866. The van der Waals surface area contributed by atoms with Crippen LogP contribution in [0.15, 0.2) is 0 Å². The van der Waals surface area contributed by atoms with Crippen LogP contribution in [0, 0.1) is 31.5 Å². The van der Waals surface area contributed by atoms with E-state index in [9.17, 15) is 7.60 Å². The van der Waals surface area contributed by atoms with Crippen LogP contribution < -0.4 is 0 Å². The Morgan fingerprint density at radius 1 is 0.571 bits per heavy atom. The Balaban J connectivity index is 4.43. The molecule has 0 rings (SSSR count). The van der Waals surface area contributed by atoms with Crippen LogP contribution in [0.2, 0.25) is 0 Å². The van der Waals surface area contributed by atoms with E-state index in [-0.39, 0.29) is 0 Å². The molecule has 0 aliphatic heterocycles. The van der Waals surface area contributed by atoms with Gasteiger partial charge in [0.15, 0.2) is 0 Å². The third-order valence-electron chi connectivity index (χ3n) is 0. The van der Waals surface area contributed by atoms with Gasteiger partial charge in [0.25, 0.3) is 0 Å². The summed E-state index contributed by atoms with van der Waals surface area (Å²) >= 11 is -11.2. The molecule has 0 N–H and O–H groups in total. The molecule has 0 saturated carbocycles. The first-order valence-electron chi connectivity index (χ1n) is 0.756. The minimum atomic E-state index is -11.2. The zero-order valence-corrected chi connectivity index (χ0v) is 4.74. The van der Waals surface area contributed by atoms with Gasteiger partial charge in [-0.05, 0) is 0 Å². The van der Waals surface area contributed by atoms with Gasteiger partial charge < -0.3 is 0 Å². The van der Waals surface area contributed by atoms with Crippen molar-refractivity contribution in [1.29, 1.82) is 0 Å². The molecule has 0 fully saturated rings. The normalized spacial score (nSPS) is 23.1. The van der Waals surface area contributed by atoms with Crippen LogP contribution in [-0.4, -0.2) is 0 Å². The van der Waals surface area contributed by atoms with Gasteiger partial charge in [-0.3, -0.25) is 0 Å². The summed E-state index contributed by atoms with van der Waals surface area (Å²) in [5.41, 5.74) is 0. The van der Waals surface area contributed by atoms with Crippen molar-refractivity contribution >= 4 is 0 Å². The van der Waals surface area contributed by atoms with E-state index in [0.29, 0.717) is 0 Å². The van der Waals surface area contributed by atoms with Crippen LogP contribution >= 0.6 is 0 Å². The maximum absolute atomic E-state index is 11.2. The summed E-state index contributed by atoms with van der Waals surface area (Å²) in [6.07, 6.45) is 0. The van der Waals surface area contributed by atoms with Gasteiger partial charge in [0.1, 0.15) is 0 Å².